The van der Waals surface area contributed by atoms with Gasteiger partial charge in [0.25, 0.3) is 0 Å². The largest absolute Gasteiger partial charge is 0.399 e. The molecule has 2 heteroatoms. The van der Waals surface area contributed by atoms with E-state index in [1.807, 2.05) is 12.1 Å². The Hall–Kier alpha value is -3.52. The summed E-state index contributed by atoms with van der Waals surface area (Å²) < 4.78 is 0. The zero-order valence-electron chi connectivity index (χ0n) is 24.2. The Morgan fingerprint density at radius 1 is 0.538 bits per heavy atom. The van der Waals surface area contributed by atoms with Crippen LogP contribution in [0, 0.1) is 19.8 Å². The van der Waals surface area contributed by atoms with Gasteiger partial charge in [0.2, 0.25) is 0 Å². The van der Waals surface area contributed by atoms with Gasteiger partial charge in [0.05, 0.1) is 0 Å². The lowest BCUT2D eigenvalue weighted by Crippen LogP contribution is -2.05. The average molecular weight is 519 g/mol. The molecule has 0 aromatic heterocycles. The molecule has 0 unspecified atom stereocenters. The molecule has 0 aliphatic heterocycles. The van der Waals surface area contributed by atoms with Gasteiger partial charge in [-0.3, -0.25) is 0 Å². The van der Waals surface area contributed by atoms with Gasteiger partial charge in [0.1, 0.15) is 0 Å². The van der Waals surface area contributed by atoms with Gasteiger partial charge >= 0.3 is 0 Å². The third-order valence-electron chi connectivity index (χ3n) is 8.22. The smallest absolute Gasteiger partial charge is 0.0316 e. The maximum Gasteiger partial charge on any atom is 0.0316 e. The average Bonchev–Trinajstić information content (AvgIpc) is 2.93. The topological polar surface area (TPSA) is 52.0 Å². The first-order chi connectivity index (χ1) is 18.9. The summed E-state index contributed by atoms with van der Waals surface area (Å²) in [6.07, 6.45) is 10.7. The van der Waals surface area contributed by atoms with Crippen molar-refractivity contribution in [2.24, 2.45) is 5.92 Å². The minimum Gasteiger partial charge on any atom is -0.399 e. The van der Waals surface area contributed by atoms with Crippen molar-refractivity contribution in [2.45, 2.75) is 78.6 Å². The molecule has 0 atom stereocenters. The molecule has 39 heavy (non-hydrogen) atoms. The van der Waals surface area contributed by atoms with Crippen molar-refractivity contribution in [3.8, 4) is 0 Å². The van der Waals surface area contributed by atoms with E-state index in [0.717, 1.165) is 43.0 Å². The molecule has 0 saturated carbocycles. The van der Waals surface area contributed by atoms with Gasteiger partial charge in [0.15, 0.2) is 0 Å². The lowest BCUT2D eigenvalue weighted by atomic mass is 9.88. The highest BCUT2D eigenvalue weighted by molar-refractivity contribution is 5.46. The number of benzene rings is 4. The van der Waals surface area contributed by atoms with Crippen LogP contribution >= 0.6 is 0 Å². The third-order valence-corrected chi connectivity index (χ3v) is 8.22. The quantitative estimate of drug-likeness (QED) is 0.173. The number of aryl methyl sites for hydroxylation is 4. The molecule has 0 radical (unpaired) electrons. The maximum atomic E-state index is 5.92. The fraction of sp³-hybridized carbons (Fsp3) is 0.351. The first-order valence-electron chi connectivity index (χ1n) is 14.7. The molecule has 0 bridgehead atoms. The predicted molar refractivity (Wildman–Crippen MR) is 169 cm³/mol. The van der Waals surface area contributed by atoms with Crippen molar-refractivity contribution in [3.05, 3.63) is 129 Å². The number of hydrogen-bond donors (Lipinski definition) is 2. The van der Waals surface area contributed by atoms with Gasteiger partial charge in [-0.1, -0.05) is 86.8 Å². The standard InChI is InChI=1S/C37H46N2/c1-4-5-6-29(7-9-30-11-15-32(16-12-30)25-34-19-21-36(38)23-27(34)2)8-10-31-13-17-33(18-14-31)26-35-20-22-37(39)24-28(35)3/h11-24,29H,4-10,25-26,38-39H2,1-3H3. The Morgan fingerprint density at radius 3 is 1.33 bits per heavy atom. The van der Waals surface area contributed by atoms with E-state index in [-0.39, 0.29) is 0 Å². The second kappa shape index (κ2) is 14.0. The van der Waals surface area contributed by atoms with Crippen LogP contribution < -0.4 is 11.5 Å². The second-order valence-corrected chi connectivity index (χ2v) is 11.4. The minimum absolute atomic E-state index is 0.777. The van der Waals surface area contributed by atoms with Crippen LogP contribution in [0.1, 0.15) is 83.5 Å². The zero-order valence-corrected chi connectivity index (χ0v) is 24.2. The fourth-order valence-electron chi connectivity index (χ4n) is 5.59. The Balaban J connectivity index is 1.28. The summed E-state index contributed by atoms with van der Waals surface area (Å²) in [7, 11) is 0. The van der Waals surface area contributed by atoms with Gasteiger partial charge in [0, 0.05) is 11.4 Å². The summed E-state index contributed by atoms with van der Waals surface area (Å²) in [5.41, 5.74) is 24.4. The number of anilines is 2. The summed E-state index contributed by atoms with van der Waals surface area (Å²) in [5.74, 6) is 0.777. The van der Waals surface area contributed by atoms with E-state index in [2.05, 4.69) is 93.6 Å². The lowest BCUT2D eigenvalue weighted by Gasteiger charge is -2.17. The number of unbranched alkanes of at least 4 members (excludes halogenated alkanes) is 1. The van der Waals surface area contributed by atoms with E-state index in [1.54, 1.807) is 0 Å². The highest BCUT2D eigenvalue weighted by Gasteiger charge is 2.10. The molecule has 4 rings (SSSR count). The van der Waals surface area contributed by atoms with E-state index in [4.69, 9.17) is 11.5 Å². The van der Waals surface area contributed by atoms with Crippen LogP contribution in [-0.4, -0.2) is 0 Å². The van der Waals surface area contributed by atoms with Gasteiger partial charge < -0.3 is 11.5 Å². The fourth-order valence-corrected chi connectivity index (χ4v) is 5.59. The summed E-state index contributed by atoms with van der Waals surface area (Å²) in [5, 5.41) is 0. The molecule has 0 amide bonds. The Labute approximate surface area is 236 Å². The van der Waals surface area contributed by atoms with Crippen LogP contribution in [0.5, 0.6) is 0 Å². The van der Waals surface area contributed by atoms with Gasteiger partial charge in [-0.25, -0.2) is 0 Å². The first-order valence-corrected chi connectivity index (χ1v) is 14.7. The third kappa shape index (κ3) is 8.75. The molecule has 4 N–H and O–H groups in total. The Bertz CT molecular complexity index is 1220. The molecule has 0 heterocycles. The van der Waals surface area contributed by atoms with Gasteiger partial charge in [-0.05, 0) is 127 Å². The molecular weight excluding hydrogens is 472 g/mol. The van der Waals surface area contributed by atoms with Crippen molar-refractivity contribution in [2.75, 3.05) is 11.5 Å². The van der Waals surface area contributed by atoms with E-state index in [9.17, 15) is 0 Å². The number of hydrogen-bond acceptors (Lipinski definition) is 2. The summed E-state index contributed by atoms with van der Waals surface area (Å²) in [4.78, 5) is 0. The Morgan fingerprint density at radius 2 is 0.949 bits per heavy atom. The van der Waals surface area contributed by atoms with E-state index < -0.39 is 0 Å². The molecule has 2 nitrogen and oxygen atoms in total. The van der Waals surface area contributed by atoms with E-state index in [0.29, 0.717) is 0 Å². The van der Waals surface area contributed by atoms with Crippen LogP contribution in [0.4, 0.5) is 11.4 Å². The molecule has 0 aliphatic rings. The molecule has 4 aromatic rings. The molecule has 0 saturated heterocycles. The van der Waals surface area contributed by atoms with Crippen molar-refractivity contribution < 1.29 is 0 Å². The van der Waals surface area contributed by atoms with Crippen LogP contribution in [0.25, 0.3) is 0 Å². The van der Waals surface area contributed by atoms with Crippen molar-refractivity contribution in [1.29, 1.82) is 0 Å². The van der Waals surface area contributed by atoms with Crippen LogP contribution in [0.2, 0.25) is 0 Å². The lowest BCUT2D eigenvalue weighted by molar-refractivity contribution is 0.406. The Kier molecular flexibility index (Phi) is 10.3. The summed E-state index contributed by atoms with van der Waals surface area (Å²) in [6.45, 7) is 6.60. The van der Waals surface area contributed by atoms with Crippen LogP contribution in [0.15, 0.2) is 84.9 Å². The number of nitrogen functional groups attached to an aromatic ring is 2. The molecule has 204 valence electrons. The van der Waals surface area contributed by atoms with E-state index in [1.165, 1.54) is 76.6 Å². The second-order valence-electron chi connectivity index (χ2n) is 11.4. The predicted octanol–water partition coefficient (Wildman–Crippen LogP) is 9.02. The van der Waals surface area contributed by atoms with Crippen molar-refractivity contribution >= 4 is 11.4 Å². The minimum atomic E-state index is 0.777. The highest BCUT2D eigenvalue weighted by atomic mass is 14.5. The maximum absolute atomic E-state index is 5.92. The molecule has 4 aromatic carbocycles. The highest BCUT2D eigenvalue weighted by Crippen LogP contribution is 2.24. The van der Waals surface area contributed by atoms with Crippen LogP contribution in [-0.2, 0) is 25.7 Å². The molecule has 0 fully saturated rings. The summed E-state index contributed by atoms with van der Waals surface area (Å²) in [6, 6.07) is 31.0. The normalized spacial score (nSPS) is 11.3. The van der Waals surface area contributed by atoms with Gasteiger partial charge in [-0.2, -0.15) is 0 Å². The molecule has 0 spiro atoms. The number of nitrogens with two attached hydrogens (primary N) is 2. The zero-order chi connectivity index (χ0) is 27.6. The van der Waals surface area contributed by atoms with Crippen LogP contribution in [0.3, 0.4) is 0 Å². The molecular formula is C37H46N2. The number of rotatable bonds is 13. The van der Waals surface area contributed by atoms with Gasteiger partial charge in [-0.15, -0.1) is 0 Å². The summed E-state index contributed by atoms with van der Waals surface area (Å²) >= 11 is 0. The van der Waals surface area contributed by atoms with Crippen molar-refractivity contribution in [3.63, 3.8) is 0 Å². The van der Waals surface area contributed by atoms with E-state index >= 15 is 0 Å². The monoisotopic (exact) mass is 518 g/mol. The first kappa shape index (κ1) is 28.5. The SMILES string of the molecule is CCCCC(CCc1ccc(Cc2ccc(N)cc2C)cc1)CCc1ccc(Cc2ccc(N)cc2C)cc1. The molecule has 0 aliphatic carbocycles. The van der Waals surface area contributed by atoms with Crippen molar-refractivity contribution in [1.82, 2.24) is 0 Å².